The molecule has 2 rings (SSSR count). The van der Waals surface area contributed by atoms with Crippen LogP contribution < -0.4 is 0 Å². The fourth-order valence-electron chi connectivity index (χ4n) is 2.61. The summed E-state index contributed by atoms with van der Waals surface area (Å²) >= 11 is 0. The summed E-state index contributed by atoms with van der Waals surface area (Å²) in [7, 11) is 0. The second kappa shape index (κ2) is 5.65. The standard InChI is InChI=1S/C15H24N2/c1-4-16-8-10-17(11-9-16)14(3)15-7-5-6-13(2)12-15/h5-7,12,14H,4,8-11H2,1-3H3/t14-/m0/s1. The summed E-state index contributed by atoms with van der Waals surface area (Å²) in [4.78, 5) is 5.13. The third kappa shape index (κ3) is 3.08. The predicted octanol–water partition coefficient (Wildman–Crippen LogP) is 2.69. The van der Waals surface area contributed by atoms with E-state index >= 15 is 0 Å². The van der Waals surface area contributed by atoms with Gasteiger partial charge in [-0.15, -0.1) is 0 Å². The van der Waals surface area contributed by atoms with E-state index in [0.717, 1.165) is 0 Å². The summed E-state index contributed by atoms with van der Waals surface area (Å²) in [6.07, 6.45) is 0. The van der Waals surface area contributed by atoms with E-state index in [0.29, 0.717) is 6.04 Å². The topological polar surface area (TPSA) is 6.48 Å². The number of nitrogens with zero attached hydrogens (tertiary/aromatic N) is 2. The molecule has 0 aliphatic carbocycles. The van der Waals surface area contributed by atoms with Gasteiger partial charge in [0.05, 0.1) is 0 Å². The Balaban J connectivity index is 1.99. The molecule has 1 aliphatic heterocycles. The number of rotatable bonds is 3. The normalized spacial score (nSPS) is 20.4. The molecule has 1 aromatic carbocycles. The zero-order valence-corrected chi connectivity index (χ0v) is 11.3. The molecule has 1 aliphatic rings. The van der Waals surface area contributed by atoms with E-state index in [1.54, 1.807) is 0 Å². The number of hydrogen-bond donors (Lipinski definition) is 0. The van der Waals surface area contributed by atoms with Crippen LogP contribution in [0.15, 0.2) is 24.3 Å². The van der Waals surface area contributed by atoms with Crippen molar-refractivity contribution in [3.8, 4) is 0 Å². The smallest absolute Gasteiger partial charge is 0.0321 e. The molecule has 1 fully saturated rings. The maximum Gasteiger partial charge on any atom is 0.0321 e. The van der Waals surface area contributed by atoms with Gasteiger partial charge in [0, 0.05) is 32.2 Å². The van der Waals surface area contributed by atoms with Crippen molar-refractivity contribution in [2.24, 2.45) is 0 Å². The molecule has 0 amide bonds. The predicted molar refractivity (Wildman–Crippen MR) is 73.3 cm³/mol. The van der Waals surface area contributed by atoms with Crippen LogP contribution in [0.5, 0.6) is 0 Å². The highest BCUT2D eigenvalue weighted by Gasteiger charge is 2.20. The molecule has 1 aromatic rings. The van der Waals surface area contributed by atoms with Crippen LogP contribution in [0.1, 0.15) is 31.0 Å². The van der Waals surface area contributed by atoms with Gasteiger partial charge in [0.15, 0.2) is 0 Å². The zero-order chi connectivity index (χ0) is 12.3. The largest absolute Gasteiger partial charge is 0.301 e. The van der Waals surface area contributed by atoms with Crippen molar-refractivity contribution in [2.75, 3.05) is 32.7 Å². The first-order chi connectivity index (χ1) is 8.20. The number of aryl methyl sites for hydroxylation is 1. The highest BCUT2D eigenvalue weighted by Crippen LogP contribution is 2.22. The third-order valence-electron chi connectivity index (χ3n) is 3.93. The van der Waals surface area contributed by atoms with Crippen molar-refractivity contribution < 1.29 is 0 Å². The molecule has 94 valence electrons. The Kier molecular flexibility index (Phi) is 4.19. The SMILES string of the molecule is CCN1CCN([C@@H](C)c2cccc(C)c2)CC1. The fraction of sp³-hybridized carbons (Fsp3) is 0.600. The van der Waals surface area contributed by atoms with Crippen molar-refractivity contribution in [2.45, 2.75) is 26.8 Å². The molecule has 0 unspecified atom stereocenters. The lowest BCUT2D eigenvalue weighted by Gasteiger charge is -2.37. The third-order valence-corrected chi connectivity index (χ3v) is 3.93. The molecule has 2 heteroatoms. The second-order valence-electron chi connectivity index (χ2n) is 5.06. The first kappa shape index (κ1) is 12.6. The lowest BCUT2D eigenvalue weighted by molar-refractivity contribution is 0.106. The van der Waals surface area contributed by atoms with Crippen molar-refractivity contribution >= 4 is 0 Å². The Hall–Kier alpha value is -0.860. The van der Waals surface area contributed by atoms with Crippen LogP contribution in [0, 0.1) is 6.92 Å². The van der Waals surface area contributed by atoms with E-state index in [-0.39, 0.29) is 0 Å². The first-order valence-electron chi connectivity index (χ1n) is 6.73. The van der Waals surface area contributed by atoms with E-state index < -0.39 is 0 Å². The van der Waals surface area contributed by atoms with Crippen LogP contribution in [0.2, 0.25) is 0 Å². The van der Waals surface area contributed by atoms with Crippen molar-refractivity contribution in [3.63, 3.8) is 0 Å². The van der Waals surface area contributed by atoms with Crippen LogP contribution in [0.4, 0.5) is 0 Å². The van der Waals surface area contributed by atoms with Crippen LogP contribution in [0.3, 0.4) is 0 Å². The molecule has 1 atom stereocenters. The quantitative estimate of drug-likeness (QED) is 0.790. The summed E-state index contributed by atoms with van der Waals surface area (Å²) in [5.74, 6) is 0. The fourth-order valence-corrected chi connectivity index (χ4v) is 2.61. The molecule has 1 saturated heterocycles. The monoisotopic (exact) mass is 232 g/mol. The number of benzene rings is 1. The summed E-state index contributed by atoms with van der Waals surface area (Å²) in [6, 6.07) is 9.46. The van der Waals surface area contributed by atoms with E-state index in [4.69, 9.17) is 0 Å². The van der Waals surface area contributed by atoms with Gasteiger partial charge in [0.25, 0.3) is 0 Å². The Morgan fingerprint density at radius 2 is 1.88 bits per heavy atom. The minimum atomic E-state index is 0.550. The van der Waals surface area contributed by atoms with E-state index in [1.165, 1.54) is 43.9 Å². The highest BCUT2D eigenvalue weighted by atomic mass is 15.3. The number of hydrogen-bond acceptors (Lipinski definition) is 2. The van der Waals surface area contributed by atoms with Crippen molar-refractivity contribution in [3.05, 3.63) is 35.4 Å². The molecular formula is C15H24N2. The van der Waals surface area contributed by atoms with Crippen LogP contribution >= 0.6 is 0 Å². The Labute approximate surface area is 105 Å². The summed E-state index contributed by atoms with van der Waals surface area (Å²) in [6.45, 7) is 12.8. The van der Waals surface area contributed by atoms with E-state index in [9.17, 15) is 0 Å². The summed E-state index contributed by atoms with van der Waals surface area (Å²) in [5, 5.41) is 0. The number of likely N-dealkylation sites (N-methyl/N-ethyl adjacent to an activating group) is 1. The van der Waals surface area contributed by atoms with Crippen molar-refractivity contribution in [1.82, 2.24) is 9.80 Å². The Morgan fingerprint density at radius 1 is 1.18 bits per heavy atom. The molecule has 2 nitrogen and oxygen atoms in total. The van der Waals surface area contributed by atoms with Gasteiger partial charge < -0.3 is 4.90 Å². The molecule has 0 spiro atoms. The van der Waals surface area contributed by atoms with Gasteiger partial charge >= 0.3 is 0 Å². The molecule has 0 radical (unpaired) electrons. The zero-order valence-electron chi connectivity index (χ0n) is 11.3. The summed E-state index contributed by atoms with van der Waals surface area (Å²) < 4.78 is 0. The molecule has 0 aromatic heterocycles. The maximum atomic E-state index is 2.60. The summed E-state index contributed by atoms with van der Waals surface area (Å²) in [5.41, 5.74) is 2.82. The second-order valence-corrected chi connectivity index (χ2v) is 5.06. The van der Waals surface area contributed by atoms with Gasteiger partial charge in [-0.1, -0.05) is 36.8 Å². The average molecular weight is 232 g/mol. The number of piperazine rings is 1. The van der Waals surface area contributed by atoms with Gasteiger partial charge in [0.2, 0.25) is 0 Å². The van der Waals surface area contributed by atoms with Gasteiger partial charge in [-0.3, -0.25) is 4.90 Å². The lowest BCUT2D eigenvalue weighted by atomic mass is 10.0. The maximum absolute atomic E-state index is 2.60. The molecule has 17 heavy (non-hydrogen) atoms. The van der Waals surface area contributed by atoms with E-state index in [1.807, 2.05) is 0 Å². The highest BCUT2D eigenvalue weighted by molar-refractivity contribution is 5.24. The van der Waals surface area contributed by atoms with Gasteiger partial charge in [-0.05, 0) is 26.0 Å². The Bertz CT molecular complexity index is 354. The van der Waals surface area contributed by atoms with E-state index in [2.05, 4.69) is 54.8 Å². The van der Waals surface area contributed by atoms with Crippen LogP contribution in [0.25, 0.3) is 0 Å². The van der Waals surface area contributed by atoms with Crippen LogP contribution in [-0.4, -0.2) is 42.5 Å². The Morgan fingerprint density at radius 3 is 2.47 bits per heavy atom. The van der Waals surface area contributed by atoms with Crippen LogP contribution in [-0.2, 0) is 0 Å². The average Bonchev–Trinajstić information content (AvgIpc) is 2.38. The van der Waals surface area contributed by atoms with Gasteiger partial charge in [-0.25, -0.2) is 0 Å². The lowest BCUT2D eigenvalue weighted by Crippen LogP contribution is -2.46. The minimum absolute atomic E-state index is 0.550. The molecule has 0 bridgehead atoms. The van der Waals surface area contributed by atoms with Crippen molar-refractivity contribution in [1.29, 1.82) is 0 Å². The molecular weight excluding hydrogens is 208 g/mol. The molecule has 1 heterocycles. The molecule has 0 N–H and O–H groups in total. The first-order valence-corrected chi connectivity index (χ1v) is 6.73. The molecule has 0 saturated carbocycles. The minimum Gasteiger partial charge on any atom is -0.301 e. The van der Waals surface area contributed by atoms with Gasteiger partial charge in [-0.2, -0.15) is 0 Å². The van der Waals surface area contributed by atoms with Gasteiger partial charge in [0.1, 0.15) is 0 Å².